The van der Waals surface area contributed by atoms with Gasteiger partial charge in [-0.3, -0.25) is 9.59 Å². The third-order valence-corrected chi connectivity index (χ3v) is 4.12. The Morgan fingerprint density at radius 2 is 0.766 bits per heavy atom. The van der Waals surface area contributed by atoms with Crippen molar-refractivity contribution in [3.63, 3.8) is 0 Å². The molecule has 0 unspecified atom stereocenters. The van der Waals surface area contributed by atoms with Gasteiger partial charge in [-0.2, -0.15) is 52.7 Å². The molecule has 0 spiro atoms. The number of methoxy groups -OCH3 is 1. The predicted molar refractivity (Wildman–Crippen MR) is 149 cm³/mol. The molecule has 0 aromatic heterocycles. The van der Waals surface area contributed by atoms with E-state index in [9.17, 15) is 62.3 Å². The van der Waals surface area contributed by atoms with Gasteiger partial charge in [-0.05, 0) is 24.0 Å². The van der Waals surface area contributed by atoms with E-state index in [1.54, 1.807) is 0 Å². The van der Waals surface area contributed by atoms with Crippen LogP contribution in [0.4, 0.5) is 52.7 Å². The number of halogens is 12. The topological polar surface area (TPSA) is 61.8 Å². The van der Waals surface area contributed by atoms with Crippen LogP contribution in [-0.2, 0) is 36.6 Å². The van der Waals surface area contributed by atoms with Crippen LogP contribution in [0.5, 0.6) is 0 Å². The van der Waals surface area contributed by atoms with E-state index in [-0.39, 0.29) is 52.8 Å². The molecule has 17 heteroatoms. The van der Waals surface area contributed by atoms with Crippen LogP contribution in [0.3, 0.4) is 0 Å². The first kappa shape index (κ1) is 47.9. The molecule has 0 heterocycles. The summed E-state index contributed by atoms with van der Waals surface area (Å²) in [5, 5.41) is 0. The van der Waals surface area contributed by atoms with Crippen molar-refractivity contribution in [2.24, 2.45) is 0 Å². The molecular formula is C30H38F12O5. The summed E-state index contributed by atoms with van der Waals surface area (Å²) in [6.07, 6.45) is -14.6. The van der Waals surface area contributed by atoms with E-state index in [1.165, 1.54) is 7.11 Å². The number of rotatable bonds is 11. The first-order valence-electron chi connectivity index (χ1n) is 13.4. The molecule has 2 rings (SSSR count). The van der Waals surface area contributed by atoms with Gasteiger partial charge in [0.2, 0.25) is 0 Å². The summed E-state index contributed by atoms with van der Waals surface area (Å²) in [5.74, 6) is -0.590. The minimum Gasteiger partial charge on any atom is -0.463 e. The van der Waals surface area contributed by atoms with E-state index >= 15 is 0 Å². The van der Waals surface area contributed by atoms with E-state index in [2.05, 4.69) is 0 Å². The van der Waals surface area contributed by atoms with Crippen LogP contribution in [0.25, 0.3) is 0 Å². The second-order valence-corrected chi connectivity index (χ2v) is 9.32. The van der Waals surface area contributed by atoms with Crippen LogP contribution in [0.2, 0.25) is 0 Å². The van der Waals surface area contributed by atoms with Crippen molar-refractivity contribution in [3.8, 4) is 0 Å². The molecule has 272 valence electrons. The van der Waals surface area contributed by atoms with Crippen molar-refractivity contribution in [2.45, 2.75) is 84.2 Å². The van der Waals surface area contributed by atoms with Gasteiger partial charge in [0, 0.05) is 47.6 Å². The Hall–Kier alpha value is -3.50. The molecule has 0 radical (unpaired) electrons. The average molecular weight is 707 g/mol. The molecular weight excluding hydrogens is 668 g/mol. The standard InChI is InChI=1S/C22H26O5.4C2H3F3/c1-25-20(16-26-21(23)14-12-18-8-4-2-5-9-18)17-27-22(24)15-13-19-10-6-3-7-11-19;4*1-2(3,4)5/h2-11,20H,12-17H2,1H3;4*1H3. The molecule has 0 atom stereocenters. The fourth-order valence-electron chi connectivity index (χ4n) is 2.48. The van der Waals surface area contributed by atoms with Gasteiger partial charge in [-0.15, -0.1) is 0 Å². The Morgan fingerprint density at radius 3 is 0.979 bits per heavy atom. The fourth-order valence-corrected chi connectivity index (χ4v) is 2.48. The fraction of sp³-hybridized carbons (Fsp3) is 0.533. The number of carbonyl (C=O) groups is 2. The molecule has 0 fully saturated rings. The van der Waals surface area contributed by atoms with Crippen LogP contribution in [0.15, 0.2) is 60.7 Å². The molecule has 0 N–H and O–H groups in total. The van der Waals surface area contributed by atoms with Crippen molar-refractivity contribution < 1.29 is 76.5 Å². The number of hydrogen-bond acceptors (Lipinski definition) is 5. The lowest BCUT2D eigenvalue weighted by Crippen LogP contribution is -2.27. The molecule has 0 aliphatic rings. The number of ether oxygens (including phenoxy) is 3. The van der Waals surface area contributed by atoms with Crippen LogP contribution < -0.4 is 0 Å². The summed E-state index contributed by atoms with van der Waals surface area (Å²) in [6.45, 7) is 0.881. The Bertz CT molecular complexity index is 922. The average Bonchev–Trinajstić information content (AvgIpc) is 2.88. The zero-order valence-electron chi connectivity index (χ0n) is 26.2. The normalized spacial score (nSPS) is 11.2. The highest BCUT2D eigenvalue weighted by atomic mass is 19.4. The second kappa shape index (κ2) is 24.6. The molecule has 0 saturated heterocycles. The summed E-state index contributed by atoms with van der Waals surface area (Å²) in [6, 6.07) is 19.5. The second-order valence-electron chi connectivity index (χ2n) is 9.32. The Labute approximate surface area is 265 Å². The van der Waals surface area contributed by atoms with Crippen LogP contribution in [0.1, 0.15) is 51.7 Å². The highest BCUT2D eigenvalue weighted by molar-refractivity contribution is 5.70. The number of esters is 2. The summed E-state index contributed by atoms with van der Waals surface area (Å²) >= 11 is 0. The Morgan fingerprint density at radius 1 is 0.532 bits per heavy atom. The molecule has 0 aliphatic heterocycles. The summed E-state index contributed by atoms with van der Waals surface area (Å²) in [5.41, 5.74) is 2.18. The quantitative estimate of drug-likeness (QED) is 0.172. The first-order chi connectivity index (χ1) is 21.2. The van der Waals surface area contributed by atoms with Gasteiger partial charge >= 0.3 is 36.6 Å². The maximum absolute atomic E-state index is 11.8. The third-order valence-electron chi connectivity index (χ3n) is 4.12. The van der Waals surface area contributed by atoms with Crippen LogP contribution >= 0.6 is 0 Å². The van der Waals surface area contributed by atoms with Crippen LogP contribution in [-0.4, -0.2) is 63.1 Å². The minimum absolute atomic E-state index is 0.0656. The zero-order chi connectivity index (χ0) is 37.3. The Balaban J connectivity index is -0.000000784. The van der Waals surface area contributed by atoms with Gasteiger partial charge in [0.1, 0.15) is 19.3 Å². The molecule has 0 amide bonds. The van der Waals surface area contributed by atoms with Gasteiger partial charge in [0.05, 0.1) is 0 Å². The van der Waals surface area contributed by atoms with Crippen LogP contribution in [0, 0.1) is 0 Å². The summed E-state index contributed by atoms with van der Waals surface area (Å²) in [4.78, 5) is 23.7. The number of aryl methyl sites for hydroxylation is 2. The molecule has 0 saturated carbocycles. The molecule has 2 aromatic carbocycles. The lowest BCUT2D eigenvalue weighted by Gasteiger charge is -2.15. The third kappa shape index (κ3) is 58.6. The van der Waals surface area contributed by atoms with Crippen molar-refractivity contribution in [3.05, 3.63) is 71.8 Å². The molecule has 0 bridgehead atoms. The van der Waals surface area contributed by atoms with Gasteiger partial charge in [-0.1, -0.05) is 60.7 Å². The van der Waals surface area contributed by atoms with Crippen molar-refractivity contribution >= 4 is 11.9 Å². The van der Waals surface area contributed by atoms with Crippen molar-refractivity contribution in [1.29, 1.82) is 0 Å². The van der Waals surface area contributed by atoms with Crippen molar-refractivity contribution in [1.82, 2.24) is 0 Å². The smallest absolute Gasteiger partial charge is 0.386 e. The highest BCUT2D eigenvalue weighted by Crippen LogP contribution is 2.12. The van der Waals surface area contributed by atoms with Gasteiger partial charge in [-0.25, -0.2) is 0 Å². The minimum atomic E-state index is -4.00. The van der Waals surface area contributed by atoms with E-state index < -0.39 is 30.8 Å². The van der Waals surface area contributed by atoms with E-state index in [0.717, 1.165) is 11.1 Å². The molecule has 47 heavy (non-hydrogen) atoms. The maximum atomic E-state index is 11.8. The number of alkyl halides is 12. The van der Waals surface area contributed by atoms with Gasteiger partial charge in [0.25, 0.3) is 0 Å². The molecule has 5 nitrogen and oxygen atoms in total. The molecule has 2 aromatic rings. The first-order valence-corrected chi connectivity index (χ1v) is 13.4. The summed E-state index contributed by atoms with van der Waals surface area (Å²) in [7, 11) is 1.50. The SMILES string of the molecule is CC(F)(F)F.CC(F)(F)F.CC(F)(F)F.CC(F)(F)F.COC(COC(=O)CCc1ccccc1)COC(=O)CCc1ccccc1. The van der Waals surface area contributed by atoms with Gasteiger partial charge in [0.15, 0.2) is 0 Å². The monoisotopic (exact) mass is 706 g/mol. The lowest BCUT2D eigenvalue weighted by atomic mass is 10.1. The Kier molecular flexibility index (Phi) is 25.1. The number of benzene rings is 2. The largest absolute Gasteiger partial charge is 0.463 e. The summed E-state index contributed by atoms with van der Waals surface area (Å²) < 4.78 is 140. The van der Waals surface area contributed by atoms with E-state index in [0.29, 0.717) is 25.7 Å². The predicted octanol–water partition coefficient (Wildman–Crippen LogP) is 9.63. The zero-order valence-corrected chi connectivity index (χ0v) is 26.2. The maximum Gasteiger partial charge on any atom is 0.386 e. The van der Waals surface area contributed by atoms with E-state index in [1.807, 2.05) is 60.7 Å². The number of carbonyl (C=O) groups excluding carboxylic acids is 2. The van der Waals surface area contributed by atoms with Crippen molar-refractivity contribution in [2.75, 3.05) is 20.3 Å². The van der Waals surface area contributed by atoms with Gasteiger partial charge < -0.3 is 14.2 Å². The number of hydrogen-bond donors (Lipinski definition) is 0. The molecule has 0 aliphatic carbocycles. The van der Waals surface area contributed by atoms with E-state index in [4.69, 9.17) is 14.2 Å². The lowest BCUT2D eigenvalue weighted by molar-refractivity contribution is -0.153. The highest BCUT2D eigenvalue weighted by Gasteiger charge is 2.17.